The molecule has 1 N–H and O–H groups in total. The highest BCUT2D eigenvalue weighted by Crippen LogP contribution is 2.36. The maximum absolute atomic E-state index is 14.4. The summed E-state index contributed by atoms with van der Waals surface area (Å²) < 4.78 is 21.9. The number of ether oxygens (including phenoxy) is 1. The largest absolute Gasteiger partial charge is 0.504 e. The molecule has 0 saturated carbocycles. The van der Waals surface area contributed by atoms with Crippen LogP contribution in [0.15, 0.2) is 52.1 Å². The quantitative estimate of drug-likeness (QED) is 0.762. The van der Waals surface area contributed by atoms with Crippen LogP contribution < -0.4 is 16.0 Å². The number of aromatic nitrogens is 2. The highest BCUT2D eigenvalue weighted by atomic mass is 35.5. The number of rotatable bonds is 3. The summed E-state index contributed by atoms with van der Waals surface area (Å²) in [6.07, 6.45) is 0. The van der Waals surface area contributed by atoms with Gasteiger partial charge in [0.15, 0.2) is 11.5 Å². The summed E-state index contributed by atoms with van der Waals surface area (Å²) in [5.74, 6) is -0.921. The monoisotopic (exact) mass is 376 g/mol. The number of hydrogen-bond acceptors (Lipinski definition) is 4. The van der Waals surface area contributed by atoms with Gasteiger partial charge in [0.05, 0.1) is 10.7 Å². The van der Waals surface area contributed by atoms with Gasteiger partial charge >= 0.3 is 5.69 Å². The van der Waals surface area contributed by atoms with E-state index < -0.39 is 17.1 Å². The zero-order chi connectivity index (χ0) is 19.0. The number of benzene rings is 2. The van der Waals surface area contributed by atoms with Crippen molar-refractivity contribution in [3.8, 4) is 22.9 Å². The Kier molecular flexibility index (Phi) is 4.56. The molecule has 1 aromatic heterocycles. The number of hydrogen-bond donors (Lipinski definition) is 1. The fourth-order valence-corrected chi connectivity index (χ4v) is 2.58. The van der Waals surface area contributed by atoms with Gasteiger partial charge in [0.25, 0.3) is 5.56 Å². The van der Waals surface area contributed by atoms with Crippen LogP contribution in [0.2, 0.25) is 5.02 Å². The first-order chi connectivity index (χ1) is 12.3. The highest BCUT2D eigenvalue weighted by Gasteiger charge is 2.17. The van der Waals surface area contributed by atoms with Crippen LogP contribution in [-0.2, 0) is 7.05 Å². The van der Waals surface area contributed by atoms with Crippen molar-refractivity contribution in [2.24, 2.45) is 7.05 Å². The van der Waals surface area contributed by atoms with Gasteiger partial charge in [-0.15, -0.1) is 0 Å². The fourth-order valence-electron chi connectivity index (χ4n) is 2.39. The summed E-state index contributed by atoms with van der Waals surface area (Å²) in [5, 5.41) is 9.73. The van der Waals surface area contributed by atoms with Crippen LogP contribution in [0.4, 0.5) is 4.39 Å². The first kappa shape index (κ1) is 17.8. The Morgan fingerprint density at radius 3 is 2.50 bits per heavy atom. The van der Waals surface area contributed by atoms with Gasteiger partial charge in [-0.3, -0.25) is 4.79 Å². The third-order valence-corrected chi connectivity index (χ3v) is 4.18. The molecule has 0 radical (unpaired) electrons. The summed E-state index contributed by atoms with van der Waals surface area (Å²) in [6, 6.07) is 9.45. The van der Waals surface area contributed by atoms with E-state index in [9.17, 15) is 19.1 Å². The number of aryl methyl sites for hydroxylation is 1. The first-order valence-electron chi connectivity index (χ1n) is 7.54. The van der Waals surface area contributed by atoms with E-state index in [1.807, 2.05) is 0 Å². The topological polar surface area (TPSA) is 73.5 Å². The van der Waals surface area contributed by atoms with Crippen molar-refractivity contribution in [2.45, 2.75) is 6.92 Å². The van der Waals surface area contributed by atoms with Gasteiger partial charge in [-0.25, -0.2) is 13.8 Å². The lowest BCUT2D eigenvalue weighted by atomic mass is 10.2. The molecule has 0 unspecified atom stereocenters. The zero-order valence-electron chi connectivity index (χ0n) is 13.9. The summed E-state index contributed by atoms with van der Waals surface area (Å²) in [7, 11) is 1.47. The molecule has 0 bridgehead atoms. The number of phenolic OH excluding ortho intramolecular Hbond substituents is 1. The van der Waals surface area contributed by atoms with Gasteiger partial charge < -0.3 is 14.4 Å². The van der Waals surface area contributed by atoms with Crippen molar-refractivity contribution >= 4 is 11.6 Å². The Labute approximate surface area is 152 Å². The average molecular weight is 377 g/mol. The predicted molar refractivity (Wildman–Crippen MR) is 95.2 cm³/mol. The van der Waals surface area contributed by atoms with Crippen molar-refractivity contribution in [1.29, 1.82) is 0 Å². The van der Waals surface area contributed by atoms with Crippen molar-refractivity contribution in [3.63, 3.8) is 0 Å². The number of phenols is 1. The minimum Gasteiger partial charge on any atom is -0.504 e. The van der Waals surface area contributed by atoms with Crippen LogP contribution >= 0.6 is 11.6 Å². The van der Waals surface area contributed by atoms with E-state index in [4.69, 9.17) is 16.3 Å². The molecule has 0 saturated heterocycles. The van der Waals surface area contributed by atoms with Gasteiger partial charge in [0.2, 0.25) is 0 Å². The number of halogens is 2. The standard InChI is InChI=1S/C18H14ClFN2O4/c1-10-7-17(24)22(18(25)21(10)2)13-9-16(11(19)8-12(13)20)26-15-6-4-3-5-14(15)23/h3-9,23H,1-2H3. The zero-order valence-corrected chi connectivity index (χ0v) is 14.6. The van der Waals surface area contributed by atoms with Crippen LogP contribution in [0.3, 0.4) is 0 Å². The molecule has 1 heterocycles. The molecule has 8 heteroatoms. The molecule has 6 nitrogen and oxygen atoms in total. The predicted octanol–water partition coefficient (Wildman–Crippen LogP) is 3.14. The number of nitrogens with zero attached hydrogens (tertiary/aromatic N) is 2. The molecule has 0 aliphatic heterocycles. The molecule has 0 atom stereocenters. The van der Waals surface area contributed by atoms with Crippen molar-refractivity contribution in [1.82, 2.24) is 9.13 Å². The van der Waals surface area contributed by atoms with Crippen LogP contribution in [0.1, 0.15) is 5.69 Å². The molecular weight excluding hydrogens is 363 g/mol. The maximum Gasteiger partial charge on any atom is 0.335 e. The minimum atomic E-state index is -0.859. The molecular formula is C18H14ClFN2O4. The SMILES string of the molecule is Cc1cc(=O)n(-c2cc(Oc3ccccc3O)c(Cl)cc2F)c(=O)n1C. The van der Waals surface area contributed by atoms with Crippen molar-refractivity contribution in [2.75, 3.05) is 0 Å². The van der Waals surface area contributed by atoms with E-state index >= 15 is 0 Å². The lowest BCUT2D eigenvalue weighted by Gasteiger charge is -2.14. The Bertz CT molecular complexity index is 1120. The van der Waals surface area contributed by atoms with Crippen molar-refractivity contribution in [3.05, 3.63) is 79.8 Å². The van der Waals surface area contributed by atoms with E-state index in [2.05, 4.69) is 0 Å². The summed E-state index contributed by atoms with van der Waals surface area (Å²) >= 11 is 6.01. The smallest absolute Gasteiger partial charge is 0.335 e. The fraction of sp³-hybridized carbons (Fsp3) is 0.111. The Morgan fingerprint density at radius 1 is 1.12 bits per heavy atom. The van der Waals surface area contributed by atoms with E-state index in [1.54, 1.807) is 19.1 Å². The van der Waals surface area contributed by atoms with E-state index in [0.29, 0.717) is 10.3 Å². The van der Waals surface area contributed by atoms with Crippen molar-refractivity contribution < 1.29 is 14.2 Å². The van der Waals surface area contributed by atoms with Crippen LogP contribution in [-0.4, -0.2) is 14.2 Å². The van der Waals surface area contributed by atoms with Gasteiger partial charge in [-0.1, -0.05) is 23.7 Å². The second-order valence-corrected chi connectivity index (χ2v) is 6.01. The minimum absolute atomic E-state index is 0.0147. The summed E-state index contributed by atoms with van der Waals surface area (Å²) in [5.41, 5.74) is -1.24. The average Bonchev–Trinajstić information content (AvgIpc) is 2.58. The second-order valence-electron chi connectivity index (χ2n) is 5.60. The molecule has 2 aromatic carbocycles. The van der Waals surface area contributed by atoms with E-state index in [-0.39, 0.29) is 28.0 Å². The number of para-hydroxylation sites is 2. The second kappa shape index (κ2) is 6.68. The molecule has 0 fully saturated rings. The molecule has 0 amide bonds. The number of aromatic hydroxyl groups is 1. The third-order valence-electron chi connectivity index (χ3n) is 3.89. The van der Waals surface area contributed by atoms with Crippen LogP contribution in [0.25, 0.3) is 5.69 Å². The van der Waals surface area contributed by atoms with Gasteiger partial charge in [0.1, 0.15) is 11.6 Å². The summed E-state index contributed by atoms with van der Waals surface area (Å²) in [4.78, 5) is 24.7. The molecule has 0 aliphatic carbocycles. The molecule has 134 valence electrons. The molecule has 0 spiro atoms. The van der Waals surface area contributed by atoms with Gasteiger partial charge in [0, 0.05) is 24.9 Å². The highest BCUT2D eigenvalue weighted by molar-refractivity contribution is 6.32. The molecule has 26 heavy (non-hydrogen) atoms. The Balaban J connectivity index is 2.20. The van der Waals surface area contributed by atoms with Gasteiger partial charge in [-0.05, 0) is 25.1 Å². The van der Waals surface area contributed by atoms with E-state index in [0.717, 1.165) is 12.1 Å². The Morgan fingerprint density at radius 2 is 1.81 bits per heavy atom. The lowest BCUT2D eigenvalue weighted by molar-refractivity contribution is 0.410. The third kappa shape index (κ3) is 3.09. The molecule has 3 rings (SSSR count). The molecule has 0 aliphatic rings. The maximum atomic E-state index is 14.4. The Hall–Kier alpha value is -3.06. The van der Waals surface area contributed by atoms with Crippen LogP contribution in [0, 0.1) is 12.7 Å². The van der Waals surface area contributed by atoms with Gasteiger partial charge in [-0.2, -0.15) is 0 Å². The first-order valence-corrected chi connectivity index (χ1v) is 7.92. The lowest BCUT2D eigenvalue weighted by Crippen LogP contribution is -2.38. The summed E-state index contributed by atoms with van der Waals surface area (Å²) in [6.45, 7) is 1.60. The molecule has 3 aromatic rings. The van der Waals surface area contributed by atoms with E-state index in [1.165, 1.54) is 29.8 Å². The normalized spacial score (nSPS) is 10.8. The van der Waals surface area contributed by atoms with Crippen LogP contribution in [0.5, 0.6) is 17.2 Å².